The summed E-state index contributed by atoms with van der Waals surface area (Å²) in [6.07, 6.45) is 2.68. The lowest BCUT2D eigenvalue weighted by Crippen LogP contribution is -2.19. The molecule has 10 heteroatoms. The van der Waals surface area contributed by atoms with Gasteiger partial charge in [-0.2, -0.15) is 0 Å². The maximum Gasteiger partial charge on any atom is 0.420 e. The number of oxazole rings is 1. The van der Waals surface area contributed by atoms with Crippen LogP contribution < -0.4 is 10.5 Å². The Morgan fingerprint density at radius 3 is 2.43 bits per heavy atom. The fourth-order valence-electron chi connectivity index (χ4n) is 4.47. The van der Waals surface area contributed by atoms with Crippen LogP contribution in [0.4, 0.5) is 0 Å². The number of aryl methyl sites for hydroxylation is 2. The number of fused-ring (bicyclic) bond motifs is 3. The number of ether oxygens (including phenoxy) is 1. The predicted molar refractivity (Wildman–Crippen MR) is 131 cm³/mol. The van der Waals surface area contributed by atoms with E-state index in [-0.39, 0.29) is 4.90 Å². The summed E-state index contributed by atoms with van der Waals surface area (Å²) < 4.78 is 41.8. The van der Waals surface area contributed by atoms with Crippen LogP contribution in [0.15, 0.2) is 61.2 Å². The lowest BCUT2D eigenvalue weighted by Gasteiger charge is -2.15. The fourth-order valence-corrected chi connectivity index (χ4v) is 5.10. The van der Waals surface area contributed by atoms with Gasteiger partial charge >= 0.3 is 5.76 Å². The lowest BCUT2D eigenvalue weighted by molar-refractivity contribution is 0.393. The van der Waals surface area contributed by atoms with Crippen LogP contribution in [-0.4, -0.2) is 36.5 Å². The van der Waals surface area contributed by atoms with E-state index in [0.717, 1.165) is 28.6 Å². The molecule has 1 atom stereocenters. The minimum Gasteiger partial charge on any atom is -0.496 e. The molecule has 5 rings (SSSR count). The van der Waals surface area contributed by atoms with Gasteiger partial charge in [-0.1, -0.05) is 17.3 Å². The van der Waals surface area contributed by atoms with Gasteiger partial charge in [0.05, 0.1) is 41.0 Å². The Kier molecular flexibility index (Phi) is 5.28. The van der Waals surface area contributed by atoms with Gasteiger partial charge in [0.2, 0.25) is 0 Å². The van der Waals surface area contributed by atoms with Crippen LogP contribution in [0.5, 0.6) is 5.75 Å². The van der Waals surface area contributed by atoms with Crippen LogP contribution in [-0.2, 0) is 9.84 Å². The highest BCUT2D eigenvalue weighted by molar-refractivity contribution is 7.90. The smallest absolute Gasteiger partial charge is 0.420 e. The van der Waals surface area contributed by atoms with Gasteiger partial charge in [0.25, 0.3) is 0 Å². The second kappa shape index (κ2) is 8.09. The third-order valence-corrected chi connectivity index (χ3v) is 7.37. The van der Waals surface area contributed by atoms with Gasteiger partial charge in [0.1, 0.15) is 17.0 Å². The summed E-state index contributed by atoms with van der Waals surface area (Å²) >= 11 is 0. The molecule has 35 heavy (non-hydrogen) atoms. The summed E-state index contributed by atoms with van der Waals surface area (Å²) in [5, 5.41) is 4.73. The SMILES string of the molecule is COc1cc2c(cc1-c1c(C)noc1C)ncc1oc(=O)n(C(C)c3ccc(S(C)(=O)=O)cc3)c12. The molecule has 0 N–H and O–H groups in total. The van der Waals surface area contributed by atoms with Gasteiger partial charge in [0, 0.05) is 17.2 Å². The molecule has 3 heterocycles. The second-order valence-corrected chi connectivity index (χ2v) is 10.5. The normalized spacial score (nSPS) is 12.9. The van der Waals surface area contributed by atoms with Crippen LogP contribution in [0.1, 0.15) is 30.0 Å². The molecule has 0 saturated heterocycles. The van der Waals surface area contributed by atoms with E-state index in [1.54, 1.807) is 23.8 Å². The van der Waals surface area contributed by atoms with E-state index in [4.69, 9.17) is 13.7 Å². The van der Waals surface area contributed by atoms with E-state index in [1.165, 1.54) is 18.3 Å². The first-order chi connectivity index (χ1) is 16.6. The Morgan fingerprint density at radius 2 is 1.83 bits per heavy atom. The zero-order valence-electron chi connectivity index (χ0n) is 19.8. The van der Waals surface area contributed by atoms with Crippen molar-refractivity contribution in [3.63, 3.8) is 0 Å². The molecule has 0 aliphatic rings. The Balaban J connectivity index is 1.74. The average molecular weight is 494 g/mol. The van der Waals surface area contributed by atoms with Crippen LogP contribution in [0.25, 0.3) is 33.1 Å². The highest BCUT2D eigenvalue weighted by Crippen LogP contribution is 2.39. The first kappa shape index (κ1) is 22.9. The molecular formula is C25H23N3O6S. The lowest BCUT2D eigenvalue weighted by atomic mass is 10.00. The molecule has 180 valence electrons. The number of pyridine rings is 1. The predicted octanol–water partition coefficient (Wildman–Crippen LogP) is 4.44. The standard InChI is InChI=1S/C25H23N3O6S/c1-13-23(15(3)34-27-13)19-10-20-18(11-21(19)32-4)24-22(12-26-20)33-25(29)28(24)14(2)16-6-8-17(9-7-16)35(5,30)31/h6-12,14H,1-5H3. The number of benzene rings is 2. The molecule has 0 saturated carbocycles. The van der Waals surface area contributed by atoms with E-state index in [0.29, 0.717) is 33.5 Å². The maximum absolute atomic E-state index is 12.9. The molecule has 1 unspecified atom stereocenters. The molecule has 0 aliphatic heterocycles. The second-order valence-electron chi connectivity index (χ2n) is 8.50. The minimum absolute atomic E-state index is 0.212. The van der Waals surface area contributed by atoms with Gasteiger partial charge in [-0.05, 0) is 50.6 Å². The van der Waals surface area contributed by atoms with E-state index in [2.05, 4.69) is 10.1 Å². The van der Waals surface area contributed by atoms with Gasteiger partial charge < -0.3 is 13.7 Å². The van der Waals surface area contributed by atoms with Crippen molar-refractivity contribution >= 4 is 31.8 Å². The molecule has 0 radical (unpaired) electrons. The molecule has 0 amide bonds. The maximum atomic E-state index is 12.9. The third kappa shape index (κ3) is 3.70. The summed E-state index contributed by atoms with van der Waals surface area (Å²) in [6, 6.07) is 9.75. The summed E-state index contributed by atoms with van der Waals surface area (Å²) in [7, 11) is -1.75. The number of methoxy groups -OCH3 is 1. The first-order valence-electron chi connectivity index (χ1n) is 10.8. The van der Waals surface area contributed by atoms with Crippen molar-refractivity contribution < 1.29 is 22.1 Å². The van der Waals surface area contributed by atoms with Crippen molar-refractivity contribution in [1.82, 2.24) is 14.7 Å². The van der Waals surface area contributed by atoms with Crippen molar-refractivity contribution in [2.45, 2.75) is 31.7 Å². The van der Waals surface area contributed by atoms with Gasteiger partial charge in [0.15, 0.2) is 15.4 Å². The minimum atomic E-state index is -3.33. The third-order valence-electron chi connectivity index (χ3n) is 6.24. The van der Waals surface area contributed by atoms with Gasteiger partial charge in [-0.25, -0.2) is 13.2 Å². The van der Waals surface area contributed by atoms with E-state index >= 15 is 0 Å². The zero-order chi connectivity index (χ0) is 25.1. The molecular weight excluding hydrogens is 470 g/mol. The Bertz CT molecular complexity index is 1740. The fraction of sp³-hybridized carbons (Fsp3) is 0.240. The number of rotatable bonds is 5. The highest BCUT2D eigenvalue weighted by atomic mass is 32.2. The largest absolute Gasteiger partial charge is 0.496 e. The Morgan fingerprint density at radius 1 is 1.11 bits per heavy atom. The zero-order valence-corrected chi connectivity index (χ0v) is 20.6. The van der Waals surface area contributed by atoms with Crippen LogP contribution in [0.3, 0.4) is 0 Å². The summed E-state index contributed by atoms with van der Waals surface area (Å²) in [5.41, 5.74) is 4.65. The van der Waals surface area contributed by atoms with Gasteiger partial charge in [-0.3, -0.25) is 9.55 Å². The summed E-state index contributed by atoms with van der Waals surface area (Å²) in [5.74, 6) is 0.696. The summed E-state index contributed by atoms with van der Waals surface area (Å²) in [4.78, 5) is 17.7. The average Bonchev–Trinajstić information content (AvgIpc) is 3.34. The first-order valence-corrected chi connectivity index (χ1v) is 12.7. The highest BCUT2D eigenvalue weighted by Gasteiger charge is 2.23. The van der Waals surface area contributed by atoms with Crippen molar-refractivity contribution in [1.29, 1.82) is 0 Å². The topological polar surface area (TPSA) is 117 Å². The molecule has 0 bridgehead atoms. The number of sulfone groups is 1. The monoisotopic (exact) mass is 493 g/mol. The van der Waals surface area contributed by atoms with Crippen molar-refractivity contribution in [3.05, 3.63) is 70.2 Å². The molecule has 0 fully saturated rings. The molecule has 0 aliphatic carbocycles. The van der Waals surface area contributed by atoms with Crippen molar-refractivity contribution in [2.24, 2.45) is 0 Å². The number of nitrogens with zero attached hydrogens (tertiary/aromatic N) is 3. The molecule has 0 spiro atoms. The number of hydrogen-bond donors (Lipinski definition) is 0. The Hall–Kier alpha value is -3.92. The van der Waals surface area contributed by atoms with E-state index in [9.17, 15) is 13.2 Å². The van der Waals surface area contributed by atoms with Crippen molar-refractivity contribution in [2.75, 3.05) is 13.4 Å². The van der Waals surface area contributed by atoms with E-state index in [1.807, 2.05) is 32.9 Å². The van der Waals surface area contributed by atoms with Crippen molar-refractivity contribution in [3.8, 4) is 16.9 Å². The quantitative estimate of drug-likeness (QED) is 0.353. The van der Waals surface area contributed by atoms with Gasteiger partial charge in [-0.15, -0.1) is 0 Å². The molecule has 3 aromatic heterocycles. The molecule has 2 aromatic carbocycles. The summed E-state index contributed by atoms with van der Waals surface area (Å²) in [6.45, 7) is 5.55. The number of hydrogen-bond acceptors (Lipinski definition) is 8. The Labute approximate surface area is 200 Å². The molecule has 5 aromatic rings. The van der Waals surface area contributed by atoms with E-state index < -0.39 is 21.6 Å². The van der Waals surface area contributed by atoms with Crippen LogP contribution in [0, 0.1) is 13.8 Å². The van der Waals surface area contributed by atoms with Crippen LogP contribution >= 0.6 is 0 Å². The molecule has 9 nitrogen and oxygen atoms in total. The number of aromatic nitrogens is 3. The van der Waals surface area contributed by atoms with Crippen LogP contribution in [0.2, 0.25) is 0 Å².